The van der Waals surface area contributed by atoms with Crippen molar-refractivity contribution >= 4 is 11.6 Å². The van der Waals surface area contributed by atoms with Crippen LogP contribution in [-0.2, 0) is 6.42 Å². The third kappa shape index (κ3) is 2.92. The number of nitrogens with two attached hydrogens (primary N) is 1. The monoisotopic (exact) mass is 248 g/mol. The molecule has 1 saturated heterocycles. The van der Waals surface area contributed by atoms with Gasteiger partial charge in [0.05, 0.1) is 0 Å². The fourth-order valence-corrected chi connectivity index (χ4v) is 2.47. The molecule has 1 aromatic rings. The van der Waals surface area contributed by atoms with Crippen LogP contribution >= 0.6 is 0 Å². The standard InChI is InChI=1S/C14H24N4/c1-4-5-13-16-12(15)8-14(17-13)18-7-6-10(2)11(3)9-18/h8,10-11H,4-7,9H2,1-3H3,(H2,15,16,17). The van der Waals surface area contributed by atoms with Gasteiger partial charge in [-0.25, -0.2) is 9.97 Å². The molecule has 2 rings (SSSR count). The van der Waals surface area contributed by atoms with E-state index in [1.54, 1.807) is 0 Å². The molecule has 0 spiro atoms. The van der Waals surface area contributed by atoms with E-state index >= 15 is 0 Å². The SMILES string of the molecule is CCCc1nc(N)cc(N2CCC(C)C(C)C2)n1. The second-order valence-corrected chi connectivity index (χ2v) is 5.51. The van der Waals surface area contributed by atoms with Gasteiger partial charge in [0.2, 0.25) is 0 Å². The average molecular weight is 248 g/mol. The van der Waals surface area contributed by atoms with E-state index in [0.717, 1.165) is 43.5 Å². The first-order chi connectivity index (χ1) is 8.60. The Morgan fingerprint density at radius 2 is 2.11 bits per heavy atom. The first-order valence-electron chi connectivity index (χ1n) is 6.98. The van der Waals surface area contributed by atoms with Gasteiger partial charge in [-0.05, 0) is 24.7 Å². The molecule has 0 bridgehead atoms. The van der Waals surface area contributed by atoms with Crippen LogP contribution in [0.4, 0.5) is 11.6 Å². The molecule has 0 radical (unpaired) electrons. The average Bonchev–Trinajstić information content (AvgIpc) is 2.32. The molecule has 4 nitrogen and oxygen atoms in total. The predicted octanol–water partition coefficient (Wildman–Crippen LogP) is 2.49. The molecule has 2 N–H and O–H groups in total. The van der Waals surface area contributed by atoms with Gasteiger partial charge >= 0.3 is 0 Å². The van der Waals surface area contributed by atoms with E-state index in [9.17, 15) is 0 Å². The number of aromatic nitrogens is 2. The fraction of sp³-hybridized carbons (Fsp3) is 0.714. The molecule has 2 unspecified atom stereocenters. The number of nitrogens with zero attached hydrogens (tertiary/aromatic N) is 3. The number of hydrogen-bond donors (Lipinski definition) is 1. The zero-order valence-electron chi connectivity index (χ0n) is 11.7. The third-order valence-electron chi connectivity index (χ3n) is 3.91. The topological polar surface area (TPSA) is 55.0 Å². The van der Waals surface area contributed by atoms with Gasteiger partial charge in [0.25, 0.3) is 0 Å². The number of hydrogen-bond acceptors (Lipinski definition) is 4. The number of nitrogen functional groups attached to an aromatic ring is 1. The van der Waals surface area contributed by atoms with E-state index in [1.807, 2.05) is 6.07 Å². The van der Waals surface area contributed by atoms with E-state index in [1.165, 1.54) is 6.42 Å². The van der Waals surface area contributed by atoms with Gasteiger partial charge in [0.1, 0.15) is 17.5 Å². The summed E-state index contributed by atoms with van der Waals surface area (Å²) in [5.41, 5.74) is 5.88. The van der Waals surface area contributed by atoms with Gasteiger partial charge < -0.3 is 10.6 Å². The fourth-order valence-electron chi connectivity index (χ4n) is 2.47. The smallest absolute Gasteiger partial charge is 0.134 e. The summed E-state index contributed by atoms with van der Waals surface area (Å²) in [7, 11) is 0. The molecule has 100 valence electrons. The summed E-state index contributed by atoms with van der Waals surface area (Å²) in [5, 5.41) is 0. The Balaban J connectivity index is 2.17. The molecular formula is C14H24N4. The molecule has 0 amide bonds. The summed E-state index contributed by atoms with van der Waals surface area (Å²) in [6.45, 7) is 8.93. The van der Waals surface area contributed by atoms with Crippen molar-refractivity contribution in [3.05, 3.63) is 11.9 Å². The molecule has 18 heavy (non-hydrogen) atoms. The molecular weight excluding hydrogens is 224 g/mol. The number of aryl methyl sites for hydroxylation is 1. The third-order valence-corrected chi connectivity index (χ3v) is 3.91. The van der Waals surface area contributed by atoms with Gasteiger partial charge in [-0.1, -0.05) is 20.8 Å². The molecule has 1 aromatic heterocycles. The zero-order valence-corrected chi connectivity index (χ0v) is 11.7. The van der Waals surface area contributed by atoms with E-state index in [2.05, 4.69) is 35.6 Å². The lowest BCUT2D eigenvalue weighted by atomic mass is 9.89. The van der Waals surface area contributed by atoms with Crippen molar-refractivity contribution in [2.75, 3.05) is 23.7 Å². The second kappa shape index (κ2) is 5.55. The molecule has 4 heteroatoms. The van der Waals surface area contributed by atoms with E-state index in [0.29, 0.717) is 11.7 Å². The van der Waals surface area contributed by atoms with Crippen molar-refractivity contribution < 1.29 is 0 Å². The second-order valence-electron chi connectivity index (χ2n) is 5.51. The minimum Gasteiger partial charge on any atom is -0.384 e. The molecule has 0 aromatic carbocycles. The lowest BCUT2D eigenvalue weighted by Gasteiger charge is -2.36. The van der Waals surface area contributed by atoms with Crippen LogP contribution in [0.3, 0.4) is 0 Å². The lowest BCUT2D eigenvalue weighted by Crippen LogP contribution is -2.39. The maximum Gasteiger partial charge on any atom is 0.134 e. The van der Waals surface area contributed by atoms with Crippen LogP contribution in [0.15, 0.2) is 6.07 Å². The molecule has 0 aliphatic carbocycles. The number of anilines is 2. The minimum absolute atomic E-state index is 0.592. The Morgan fingerprint density at radius 1 is 1.33 bits per heavy atom. The summed E-state index contributed by atoms with van der Waals surface area (Å²) in [6.07, 6.45) is 3.18. The normalized spacial score (nSPS) is 24.3. The van der Waals surface area contributed by atoms with Gasteiger partial charge in [0, 0.05) is 25.6 Å². The molecule has 1 aliphatic heterocycles. The molecule has 0 saturated carbocycles. The van der Waals surface area contributed by atoms with Crippen molar-refractivity contribution in [3.63, 3.8) is 0 Å². The van der Waals surface area contributed by atoms with Crippen molar-refractivity contribution in [1.29, 1.82) is 0 Å². The van der Waals surface area contributed by atoms with Gasteiger partial charge in [-0.2, -0.15) is 0 Å². The Morgan fingerprint density at radius 3 is 2.78 bits per heavy atom. The van der Waals surface area contributed by atoms with E-state index < -0.39 is 0 Å². The lowest BCUT2D eigenvalue weighted by molar-refractivity contribution is 0.322. The van der Waals surface area contributed by atoms with Crippen molar-refractivity contribution in [2.45, 2.75) is 40.0 Å². The van der Waals surface area contributed by atoms with E-state index in [4.69, 9.17) is 5.73 Å². The Kier molecular flexibility index (Phi) is 4.04. The summed E-state index contributed by atoms with van der Waals surface area (Å²) >= 11 is 0. The van der Waals surface area contributed by atoms with Crippen LogP contribution in [0, 0.1) is 11.8 Å². The van der Waals surface area contributed by atoms with Crippen LogP contribution < -0.4 is 10.6 Å². The van der Waals surface area contributed by atoms with Crippen molar-refractivity contribution in [3.8, 4) is 0 Å². The van der Waals surface area contributed by atoms with Crippen LogP contribution in [0.2, 0.25) is 0 Å². The van der Waals surface area contributed by atoms with Gasteiger partial charge in [-0.3, -0.25) is 0 Å². The zero-order chi connectivity index (χ0) is 13.1. The molecule has 1 fully saturated rings. The first kappa shape index (κ1) is 13.1. The summed E-state index contributed by atoms with van der Waals surface area (Å²) < 4.78 is 0. The summed E-state index contributed by atoms with van der Waals surface area (Å²) in [4.78, 5) is 11.3. The number of piperidine rings is 1. The van der Waals surface area contributed by atoms with Crippen LogP contribution in [-0.4, -0.2) is 23.1 Å². The summed E-state index contributed by atoms with van der Waals surface area (Å²) in [5.74, 6) is 3.98. The molecule has 2 heterocycles. The maximum atomic E-state index is 5.88. The van der Waals surface area contributed by atoms with Crippen LogP contribution in [0.5, 0.6) is 0 Å². The summed E-state index contributed by atoms with van der Waals surface area (Å²) in [6, 6.07) is 1.90. The first-order valence-corrected chi connectivity index (χ1v) is 6.98. The predicted molar refractivity (Wildman–Crippen MR) is 75.6 cm³/mol. The highest BCUT2D eigenvalue weighted by molar-refractivity contribution is 5.47. The van der Waals surface area contributed by atoms with E-state index in [-0.39, 0.29) is 0 Å². The van der Waals surface area contributed by atoms with Gasteiger partial charge in [-0.15, -0.1) is 0 Å². The number of rotatable bonds is 3. The highest BCUT2D eigenvalue weighted by Gasteiger charge is 2.23. The van der Waals surface area contributed by atoms with Gasteiger partial charge in [0.15, 0.2) is 0 Å². The largest absolute Gasteiger partial charge is 0.384 e. The Bertz CT molecular complexity index is 405. The molecule has 1 aliphatic rings. The van der Waals surface area contributed by atoms with Crippen LogP contribution in [0.25, 0.3) is 0 Å². The Hall–Kier alpha value is -1.32. The van der Waals surface area contributed by atoms with Crippen molar-refractivity contribution in [2.24, 2.45) is 11.8 Å². The highest BCUT2D eigenvalue weighted by Crippen LogP contribution is 2.26. The highest BCUT2D eigenvalue weighted by atomic mass is 15.2. The molecule has 2 atom stereocenters. The Labute approximate surface area is 110 Å². The van der Waals surface area contributed by atoms with Crippen molar-refractivity contribution in [1.82, 2.24) is 9.97 Å². The van der Waals surface area contributed by atoms with Crippen LogP contribution in [0.1, 0.15) is 39.4 Å². The minimum atomic E-state index is 0.592. The maximum absolute atomic E-state index is 5.88. The quantitative estimate of drug-likeness (QED) is 0.893.